The van der Waals surface area contributed by atoms with Gasteiger partial charge in [0, 0.05) is 79.9 Å². The van der Waals surface area contributed by atoms with Crippen LogP contribution in [0, 0.1) is 0 Å². The van der Waals surface area contributed by atoms with Crippen LogP contribution in [0.3, 0.4) is 0 Å². The molecule has 3 fully saturated rings. The van der Waals surface area contributed by atoms with Gasteiger partial charge in [0.2, 0.25) is 21.8 Å². The zero-order valence-corrected chi connectivity index (χ0v) is 41.8. The maximum atomic E-state index is 14.1. The number of anilines is 3. The summed E-state index contributed by atoms with van der Waals surface area (Å²) in [6, 6.07) is 17.1. The summed E-state index contributed by atoms with van der Waals surface area (Å²) in [7, 11) is -2.09. The molecule has 22 heteroatoms. The van der Waals surface area contributed by atoms with Gasteiger partial charge in [0.25, 0.3) is 0 Å². The summed E-state index contributed by atoms with van der Waals surface area (Å²) in [6.07, 6.45) is 4.52. The van der Waals surface area contributed by atoms with Crippen molar-refractivity contribution in [2.24, 2.45) is 7.05 Å². The van der Waals surface area contributed by atoms with Crippen molar-refractivity contribution in [2.75, 3.05) is 48.3 Å². The number of urea groups is 1. The van der Waals surface area contributed by atoms with Gasteiger partial charge in [-0.25, -0.2) is 27.6 Å². The molecule has 71 heavy (non-hydrogen) atoms. The molecular formula is C49H55ClN8O11S2. The highest BCUT2D eigenvalue weighted by molar-refractivity contribution is 7.88. The number of piperidine rings is 3. The van der Waals surface area contributed by atoms with Gasteiger partial charge in [0.1, 0.15) is 11.1 Å². The summed E-state index contributed by atoms with van der Waals surface area (Å²) in [6.45, 7) is 5.14. The van der Waals surface area contributed by atoms with Crippen molar-refractivity contribution < 1.29 is 47.3 Å². The van der Waals surface area contributed by atoms with E-state index >= 15 is 0 Å². The number of carbonyl (C=O) groups excluding carboxylic acids is 3. The molecule has 6 heterocycles. The highest BCUT2D eigenvalue weighted by atomic mass is 35.5. The van der Waals surface area contributed by atoms with Gasteiger partial charge in [-0.3, -0.25) is 24.0 Å². The molecule has 5 aromatic rings. The van der Waals surface area contributed by atoms with Crippen LogP contribution in [0.2, 0.25) is 5.02 Å². The SMILES string of the molecule is Cn1c(=O)n(C2CCC(=O)NC2=O)c2ccc3c(c21)CCCN3C1CCN(C(=O)Nc2cccc(CS(=O)(=O)N3CC[C@H](Nc4cccc(-c5sc(C(=O)O)c(OCC(=O)O)c5Cl)c4)CC3(C)C)c2)CC1. The molecule has 0 saturated carbocycles. The fourth-order valence-electron chi connectivity index (χ4n) is 10.8. The number of fused-ring (bicyclic) bond motifs is 3. The number of sulfonamides is 1. The Bertz CT molecular complexity index is 3140. The molecule has 9 rings (SSSR count). The fourth-order valence-corrected chi connectivity index (χ4v) is 14.2. The van der Waals surface area contributed by atoms with Crippen molar-refractivity contribution in [3.63, 3.8) is 0 Å². The van der Waals surface area contributed by atoms with Crippen molar-refractivity contribution in [2.45, 2.75) is 94.6 Å². The molecule has 3 aromatic carbocycles. The molecule has 2 atom stereocenters. The minimum Gasteiger partial charge on any atom is -0.479 e. The summed E-state index contributed by atoms with van der Waals surface area (Å²) < 4.78 is 38.1. The van der Waals surface area contributed by atoms with E-state index in [1.54, 1.807) is 63.3 Å². The number of nitrogens with one attached hydrogen (secondary N) is 3. The predicted molar refractivity (Wildman–Crippen MR) is 269 cm³/mol. The zero-order chi connectivity index (χ0) is 50.5. The third-order valence-corrected chi connectivity index (χ3v) is 17.7. The Morgan fingerprint density at radius 1 is 0.930 bits per heavy atom. The second-order valence-corrected chi connectivity index (χ2v) is 22.5. The molecular weight excluding hydrogens is 976 g/mol. The van der Waals surface area contributed by atoms with Crippen LogP contribution in [-0.2, 0) is 43.6 Å². The Kier molecular flexibility index (Phi) is 13.7. The van der Waals surface area contributed by atoms with E-state index in [0.717, 1.165) is 60.3 Å². The highest BCUT2D eigenvalue weighted by Crippen LogP contribution is 2.46. The van der Waals surface area contributed by atoms with Gasteiger partial charge < -0.3 is 35.4 Å². The fraction of sp³-hybridized carbons (Fsp3) is 0.429. The number of aliphatic carboxylic acids is 1. The molecule has 4 amide bonds. The Labute approximate surface area is 418 Å². The molecule has 0 radical (unpaired) electrons. The number of carbonyl (C=O) groups is 5. The van der Waals surface area contributed by atoms with Crippen LogP contribution in [0.15, 0.2) is 65.5 Å². The van der Waals surface area contributed by atoms with Crippen LogP contribution < -0.4 is 31.3 Å². The smallest absolute Gasteiger partial charge is 0.349 e. The number of amides is 4. The number of rotatable bonds is 13. The van der Waals surface area contributed by atoms with Crippen molar-refractivity contribution >= 4 is 90.8 Å². The number of carboxylic acid groups (broad SMARTS) is 2. The second-order valence-electron chi connectivity index (χ2n) is 19.2. The quantitative estimate of drug-likeness (QED) is 0.0793. The number of thiophene rings is 1. The van der Waals surface area contributed by atoms with Crippen molar-refractivity contribution in [3.8, 4) is 16.2 Å². The molecule has 5 N–H and O–H groups in total. The highest BCUT2D eigenvalue weighted by Gasteiger charge is 2.42. The lowest BCUT2D eigenvalue weighted by Gasteiger charge is -2.45. The number of benzene rings is 3. The second kappa shape index (κ2) is 19.6. The minimum absolute atomic E-state index is 0.00116. The lowest BCUT2D eigenvalue weighted by molar-refractivity contribution is -0.139. The number of hydrogen-bond donors (Lipinski definition) is 5. The van der Waals surface area contributed by atoms with Crippen LogP contribution in [0.25, 0.3) is 21.5 Å². The van der Waals surface area contributed by atoms with Gasteiger partial charge in [-0.05, 0) is 106 Å². The van der Waals surface area contributed by atoms with E-state index in [-0.39, 0.29) is 70.5 Å². The van der Waals surface area contributed by atoms with E-state index in [9.17, 15) is 42.3 Å². The molecule has 19 nitrogen and oxygen atoms in total. The first kappa shape index (κ1) is 49.6. The molecule has 376 valence electrons. The number of nitrogens with zero attached hydrogens (tertiary/aromatic N) is 5. The van der Waals surface area contributed by atoms with Crippen LogP contribution in [0.5, 0.6) is 5.75 Å². The van der Waals surface area contributed by atoms with Crippen LogP contribution in [0.4, 0.5) is 21.9 Å². The van der Waals surface area contributed by atoms with Gasteiger partial charge in [0.05, 0.1) is 21.7 Å². The number of carboxylic acids is 2. The van der Waals surface area contributed by atoms with Gasteiger partial charge in [0.15, 0.2) is 17.2 Å². The van der Waals surface area contributed by atoms with E-state index in [4.69, 9.17) is 21.4 Å². The Morgan fingerprint density at radius 3 is 2.39 bits per heavy atom. The number of imide groups is 1. The summed E-state index contributed by atoms with van der Waals surface area (Å²) in [5.41, 5.74) is 4.84. The molecule has 0 aliphatic carbocycles. The monoisotopic (exact) mass is 1030 g/mol. The maximum Gasteiger partial charge on any atom is 0.349 e. The van der Waals surface area contributed by atoms with Crippen LogP contribution >= 0.6 is 22.9 Å². The molecule has 3 saturated heterocycles. The van der Waals surface area contributed by atoms with Gasteiger partial charge in [-0.1, -0.05) is 35.9 Å². The topological polar surface area (TPSA) is 242 Å². The number of imidazole rings is 1. The third-order valence-electron chi connectivity index (χ3n) is 14.0. The molecule has 4 aliphatic heterocycles. The van der Waals surface area contributed by atoms with Crippen LogP contribution in [0.1, 0.15) is 85.6 Å². The number of aryl methyl sites for hydroxylation is 2. The largest absolute Gasteiger partial charge is 0.479 e. The van der Waals surface area contributed by atoms with Crippen molar-refractivity contribution in [1.29, 1.82) is 0 Å². The van der Waals surface area contributed by atoms with E-state index in [0.29, 0.717) is 58.8 Å². The number of ether oxygens (including phenoxy) is 1. The van der Waals surface area contributed by atoms with E-state index in [2.05, 4.69) is 20.9 Å². The van der Waals surface area contributed by atoms with Gasteiger partial charge in [-0.15, -0.1) is 11.3 Å². The van der Waals surface area contributed by atoms with E-state index in [1.165, 1.54) is 4.57 Å². The number of hydrogen-bond acceptors (Lipinski definition) is 12. The van der Waals surface area contributed by atoms with Crippen molar-refractivity contribution in [3.05, 3.63) is 92.2 Å². The number of halogens is 1. The standard InChI is InChI=1S/C49H55ClN8O11S2/c1-49(2)25-32(51-31-10-5-8-29(24-31)43-40(50)42(69-26-39(60)61)44(70-43)46(63)64)16-22-57(49)71(67,68)27-28-7-4-9-30(23-28)52-47(65)55-20-17-33(18-21-55)56-19-6-11-34-35(56)12-13-36-41(34)54(3)48(66)58(36)37-14-15-38(59)53-45(37)62/h4-5,7-10,12-13,23-24,32-33,37,51H,6,11,14-22,25-27H2,1-3H3,(H,52,65)(H,60,61)(H,63,64)(H,53,59,62)/t32-,37?/m0/s1. The number of likely N-dealkylation sites (tertiary alicyclic amines) is 1. The first-order valence-electron chi connectivity index (χ1n) is 23.6. The molecule has 4 aliphatic rings. The lowest BCUT2D eigenvalue weighted by Crippen LogP contribution is -2.55. The summed E-state index contributed by atoms with van der Waals surface area (Å²) >= 11 is 7.41. The Hall–Kier alpha value is -6.42. The zero-order valence-electron chi connectivity index (χ0n) is 39.4. The number of aromatic carboxylic acids is 1. The summed E-state index contributed by atoms with van der Waals surface area (Å²) in [5.74, 6) is -3.84. The molecule has 0 spiro atoms. The van der Waals surface area contributed by atoms with Gasteiger partial charge >= 0.3 is 23.7 Å². The first-order valence-corrected chi connectivity index (χ1v) is 26.4. The summed E-state index contributed by atoms with van der Waals surface area (Å²) in [4.78, 5) is 79.3. The normalized spacial score (nSPS) is 19.8. The van der Waals surface area contributed by atoms with Crippen molar-refractivity contribution in [1.82, 2.24) is 23.7 Å². The first-order chi connectivity index (χ1) is 33.8. The third kappa shape index (κ3) is 9.96. The Morgan fingerprint density at radius 2 is 1.68 bits per heavy atom. The van der Waals surface area contributed by atoms with Crippen LogP contribution in [-0.4, -0.2) is 117 Å². The van der Waals surface area contributed by atoms with Gasteiger partial charge in [-0.2, -0.15) is 4.31 Å². The summed E-state index contributed by atoms with van der Waals surface area (Å²) in [5, 5.41) is 27.7. The lowest BCUT2D eigenvalue weighted by atomic mass is 9.89. The minimum atomic E-state index is -3.81. The molecule has 1 unspecified atom stereocenters. The average molecular weight is 1030 g/mol. The molecule has 0 bridgehead atoms. The average Bonchev–Trinajstić information content (AvgIpc) is 3.79. The Balaban J connectivity index is 0.800. The predicted octanol–water partition coefficient (Wildman–Crippen LogP) is 6.50. The number of aromatic nitrogens is 2. The molecule has 2 aromatic heterocycles. The maximum absolute atomic E-state index is 14.1. The van der Waals surface area contributed by atoms with E-state index in [1.807, 2.05) is 32.0 Å². The van der Waals surface area contributed by atoms with E-state index < -0.39 is 46.1 Å².